The van der Waals surface area contributed by atoms with Crippen molar-refractivity contribution in [2.45, 2.75) is 46.5 Å². The minimum atomic E-state index is -0.125. The molecule has 0 aliphatic carbocycles. The van der Waals surface area contributed by atoms with E-state index in [2.05, 4.69) is 25.2 Å². The van der Waals surface area contributed by atoms with Gasteiger partial charge in [-0.15, -0.1) is 6.58 Å². The molecular formula is C16H38O5. The molecule has 0 aromatic heterocycles. The largest absolute Gasteiger partial charge is 0.394 e. The molecular weight excluding hydrogens is 272 g/mol. The molecule has 132 valence electrons. The third-order valence-electron chi connectivity index (χ3n) is 1.68. The highest BCUT2D eigenvalue weighted by Crippen LogP contribution is 1.91. The molecule has 0 bridgehead atoms. The second kappa shape index (κ2) is 42.7. The topological polar surface area (TPSA) is 79.2 Å². The average Bonchev–Trinajstić information content (AvgIpc) is 2.50. The molecule has 0 atom stereocenters. The van der Waals surface area contributed by atoms with Crippen LogP contribution in [-0.2, 0) is 9.47 Å². The third-order valence-corrected chi connectivity index (χ3v) is 1.68. The van der Waals surface area contributed by atoms with Gasteiger partial charge in [-0.25, -0.2) is 0 Å². The molecule has 0 heterocycles. The summed E-state index contributed by atoms with van der Waals surface area (Å²) in [6, 6.07) is 0. The number of unbranched alkanes of at least 4 members (excludes halogenated alkanes) is 2. The van der Waals surface area contributed by atoms with E-state index in [4.69, 9.17) is 20.1 Å². The van der Waals surface area contributed by atoms with Gasteiger partial charge in [-0.1, -0.05) is 32.8 Å². The molecule has 0 saturated carbocycles. The lowest BCUT2D eigenvalue weighted by atomic mass is 10.3. The van der Waals surface area contributed by atoms with Crippen LogP contribution in [0.3, 0.4) is 0 Å². The first-order valence-electron chi connectivity index (χ1n) is 7.62. The van der Waals surface area contributed by atoms with Crippen LogP contribution in [0.15, 0.2) is 12.7 Å². The van der Waals surface area contributed by atoms with Gasteiger partial charge in [-0.3, -0.25) is 0 Å². The molecule has 0 unspecified atom stereocenters. The van der Waals surface area contributed by atoms with Gasteiger partial charge in [0.25, 0.3) is 0 Å². The zero-order valence-corrected chi connectivity index (χ0v) is 14.5. The normalized spacial score (nSPS) is 8.33. The second-order valence-corrected chi connectivity index (χ2v) is 3.89. The Balaban J connectivity index is -0.000000102. The van der Waals surface area contributed by atoms with Crippen LogP contribution < -0.4 is 0 Å². The molecule has 0 fully saturated rings. The summed E-state index contributed by atoms with van der Waals surface area (Å²) >= 11 is 0. The number of hydrogen-bond acceptors (Lipinski definition) is 5. The predicted molar refractivity (Wildman–Crippen MR) is 89.6 cm³/mol. The number of aliphatic hydroxyl groups is 3. The Kier molecular flexibility index (Phi) is 58.3. The fraction of sp³-hybridized carbons (Fsp3) is 0.875. The minimum Gasteiger partial charge on any atom is -0.394 e. The fourth-order valence-electron chi connectivity index (χ4n) is 0.686. The first kappa shape index (κ1) is 28.7. The lowest BCUT2D eigenvalue weighted by Gasteiger charge is -1.99. The molecule has 5 heteroatoms. The fourth-order valence-corrected chi connectivity index (χ4v) is 0.686. The summed E-state index contributed by atoms with van der Waals surface area (Å²) in [6.07, 6.45) is 6.66. The molecule has 3 N–H and O–H groups in total. The van der Waals surface area contributed by atoms with E-state index in [9.17, 15) is 0 Å². The van der Waals surface area contributed by atoms with Crippen molar-refractivity contribution < 1.29 is 24.8 Å². The number of rotatable bonds is 9. The molecule has 0 aliphatic rings. The molecule has 0 radical (unpaired) electrons. The molecule has 0 aliphatic heterocycles. The van der Waals surface area contributed by atoms with Crippen LogP contribution >= 0.6 is 0 Å². The van der Waals surface area contributed by atoms with Gasteiger partial charge in [0.05, 0.1) is 26.4 Å². The van der Waals surface area contributed by atoms with Crippen LogP contribution in [0.1, 0.15) is 46.5 Å². The van der Waals surface area contributed by atoms with E-state index in [0.717, 1.165) is 13.2 Å². The lowest BCUT2D eigenvalue weighted by Crippen LogP contribution is -1.95. The standard InChI is InChI=1S/C8H18O.C3H8O2.C3H6.C2H6O2/c1-3-5-7-9-8-6-4-2;1-5-3-2-4;1-3-2;3-1-2-4/h3-8H2,1-2H3;4H,2-3H2,1H3;3H,1H2,2H3;3-4H,1-2H2. The van der Waals surface area contributed by atoms with Gasteiger partial charge in [0.15, 0.2) is 0 Å². The van der Waals surface area contributed by atoms with Gasteiger partial charge in [0.2, 0.25) is 0 Å². The highest BCUT2D eigenvalue weighted by atomic mass is 16.5. The SMILES string of the molecule is C=CC.CCCCOCCCC.COCCO.OCCO. The van der Waals surface area contributed by atoms with Crippen molar-refractivity contribution in [3.63, 3.8) is 0 Å². The van der Waals surface area contributed by atoms with E-state index in [1.807, 2.05) is 6.92 Å². The summed E-state index contributed by atoms with van der Waals surface area (Å²) in [6.45, 7) is 11.8. The van der Waals surface area contributed by atoms with Gasteiger partial charge in [-0.05, 0) is 19.8 Å². The maximum Gasteiger partial charge on any atom is 0.0693 e. The first-order chi connectivity index (χ1) is 10.2. The molecule has 5 nitrogen and oxygen atoms in total. The zero-order chi connectivity index (χ0) is 17.2. The van der Waals surface area contributed by atoms with E-state index in [1.165, 1.54) is 25.7 Å². The third kappa shape index (κ3) is 82.4. The number of ether oxygens (including phenoxy) is 2. The van der Waals surface area contributed by atoms with Crippen LogP contribution in [-0.4, -0.2) is 62.1 Å². The van der Waals surface area contributed by atoms with Gasteiger partial charge in [0.1, 0.15) is 0 Å². The molecule has 0 rings (SSSR count). The van der Waals surface area contributed by atoms with Crippen molar-refractivity contribution in [2.75, 3.05) is 46.8 Å². The van der Waals surface area contributed by atoms with E-state index in [1.54, 1.807) is 13.2 Å². The maximum absolute atomic E-state index is 7.94. The Hall–Kier alpha value is -0.460. The summed E-state index contributed by atoms with van der Waals surface area (Å²) in [5.41, 5.74) is 0. The van der Waals surface area contributed by atoms with Crippen molar-refractivity contribution in [1.29, 1.82) is 0 Å². The number of hydrogen-bond donors (Lipinski definition) is 3. The lowest BCUT2D eigenvalue weighted by molar-refractivity contribution is 0.128. The van der Waals surface area contributed by atoms with Crippen molar-refractivity contribution >= 4 is 0 Å². The van der Waals surface area contributed by atoms with Crippen molar-refractivity contribution in [2.24, 2.45) is 0 Å². The van der Waals surface area contributed by atoms with Crippen LogP contribution in [0.4, 0.5) is 0 Å². The second-order valence-electron chi connectivity index (χ2n) is 3.89. The smallest absolute Gasteiger partial charge is 0.0693 e. The van der Waals surface area contributed by atoms with Crippen molar-refractivity contribution in [3.8, 4) is 0 Å². The summed E-state index contributed by atoms with van der Waals surface area (Å²) in [5.74, 6) is 0. The molecule has 0 amide bonds. The summed E-state index contributed by atoms with van der Waals surface area (Å²) < 4.78 is 9.76. The summed E-state index contributed by atoms with van der Waals surface area (Å²) in [5, 5.41) is 23.2. The monoisotopic (exact) mass is 310 g/mol. The molecule has 0 aromatic rings. The van der Waals surface area contributed by atoms with Gasteiger partial charge < -0.3 is 24.8 Å². The molecule has 21 heavy (non-hydrogen) atoms. The Bertz CT molecular complexity index is 122. The Labute approximate surface area is 131 Å². The quantitative estimate of drug-likeness (QED) is 0.450. The number of allylic oxidation sites excluding steroid dienone is 1. The van der Waals surface area contributed by atoms with Crippen molar-refractivity contribution in [1.82, 2.24) is 0 Å². The summed E-state index contributed by atoms with van der Waals surface area (Å²) in [4.78, 5) is 0. The number of aliphatic hydroxyl groups excluding tert-OH is 3. The Morgan fingerprint density at radius 3 is 1.38 bits per heavy atom. The first-order valence-corrected chi connectivity index (χ1v) is 7.62. The van der Waals surface area contributed by atoms with Gasteiger partial charge >= 0.3 is 0 Å². The highest BCUT2D eigenvalue weighted by molar-refractivity contribution is 4.51. The van der Waals surface area contributed by atoms with Gasteiger partial charge in [0, 0.05) is 20.3 Å². The van der Waals surface area contributed by atoms with Gasteiger partial charge in [-0.2, -0.15) is 0 Å². The zero-order valence-electron chi connectivity index (χ0n) is 14.5. The van der Waals surface area contributed by atoms with E-state index in [0.29, 0.717) is 6.61 Å². The maximum atomic E-state index is 7.94. The minimum absolute atomic E-state index is 0.122. The number of methoxy groups -OCH3 is 1. The van der Waals surface area contributed by atoms with Crippen LogP contribution in [0.25, 0.3) is 0 Å². The molecule has 0 saturated heterocycles. The Morgan fingerprint density at radius 2 is 1.24 bits per heavy atom. The van der Waals surface area contributed by atoms with E-state index >= 15 is 0 Å². The Morgan fingerprint density at radius 1 is 0.857 bits per heavy atom. The van der Waals surface area contributed by atoms with Crippen LogP contribution in [0, 0.1) is 0 Å². The van der Waals surface area contributed by atoms with E-state index in [-0.39, 0.29) is 19.8 Å². The van der Waals surface area contributed by atoms with Crippen molar-refractivity contribution in [3.05, 3.63) is 12.7 Å². The molecule has 0 aromatic carbocycles. The molecule has 0 spiro atoms. The van der Waals surface area contributed by atoms with E-state index < -0.39 is 0 Å². The average molecular weight is 310 g/mol. The van der Waals surface area contributed by atoms with Crippen LogP contribution in [0.2, 0.25) is 0 Å². The van der Waals surface area contributed by atoms with Crippen LogP contribution in [0.5, 0.6) is 0 Å². The summed E-state index contributed by atoms with van der Waals surface area (Å²) in [7, 11) is 1.55. The predicted octanol–water partition coefficient (Wildman–Crippen LogP) is 2.39. The highest BCUT2D eigenvalue weighted by Gasteiger charge is 1.84.